The number of aromatic amines is 1. The van der Waals surface area contributed by atoms with E-state index in [-0.39, 0.29) is 47.8 Å². The lowest BCUT2D eigenvalue weighted by molar-refractivity contribution is -0.0927. The highest BCUT2D eigenvalue weighted by Gasteiger charge is 2.54. The highest BCUT2D eigenvalue weighted by atomic mass is 31.2. The minimum atomic E-state index is -2.67. The van der Waals surface area contributed by atoms with Gasteiger partial charge in [-0.05, 0) is 86.8 Å². The van der Waals surface area contributed by atoms with Gasteiger partial charge in [-0.25, -0.2) is 14.0 Å². The van der Waals surface area contributed by atoms with Crippen LogP contribution in [0.5, 0.6) is 11.5 Å². The summed E-state index contributed by atoms with van der Waals surface area (Å²) in [7, 11) is -1.29. The number of halogens is 1. The molecular formula is C47H61FN5O8PSi. The number of ether oxygens (including phenoxy) is 4. The first-order valence-corrected chi connectivity index (χ1v) is 25.3. The van der Waals surface area contributed by atoms with Crippen LogP contribution in [0.4, 0.5) is 4.39 Å². The maximum atomic E-state index is 15.9. The summed E-state index contributed by atoms with van der Waals surface area (Å²) in [6, 6.07) is 27.6. The number of aromatic nitrogens is 3. The predicted octanol–water partition coefficient (Wildman–Crippen LogP) is 9.84. The molecule has 13 nitrogen and oxygen atoms in total. The fraction of sp³-hybridized carbons (Fsp3) is 0.468. The standard InChI is InChI=1S/C47H61FN5O8PSi/c1-31(2)53(32(3)4)62(58-27-15-26-49)60-42-41(61-63(10,11)46(5,6)7)39(59-45(42)52-28-38(48)40-43(52)50-30-51-44(40)54)29-57-47(33-16-13-12-14-17-33,34-18-22-36(55-8)23-19-34)35-20-24-37(56-9)25-21-35/h12-14,16-25,28,30-32,39,41-42,45H,15,27,29H2,1-11H3,(H,50,51,54)/t39-,41-,42-,45-,62?/m1/s1. The molecule has 338 valence electrons. The Labute approximate surface area is 372 Å². The van der Waals surface area contributed by atoms with Gasteiger partial charge in [0.05, 0.1) is 46.3 Å². The molecule has 3 heterocycles. The van der Waals surface area contributed by atoms with Gasteiger partial charge >= 0.3 is 0 Å². The van der Waals surface area contributed by atoms with Crippen molar-refractivity contribution in [2.45, 2.75) is 115 Å². The molecule has 1 unspecified atom stereocenters. The van der Waals surface area contributed by atoms with Crippen molar-refractivity contribution in [1.82, 2.24) is 19.2 Å². The second kappa shape index (κ2) is 20.1. The van der Waals surface area contributed by atoms with Gasteiger partial charge in [0.25, 0.3) is 14.1 Å². The van der Waals surface area contributed by atoms with Crippen LogP contribution in [0, 0.1) is 17.1 Å². The molecular weight excluding hydrogens is 841 g/mol. The summed E-state index contributed by atoms with van der Waals surface area (Å²) in [4.78, 5) is 20.0. The summed E-state index contributed by atoms with van der Waals surface area (Å²) >= 11 is 0. The summed E-state index contributed by atoms with van der Waals surface area (Å²) in [5.41, 5.74) is 0.746. The quantitative estimate of drug-likeness (QED) is 0.0366. The Morgan fingerprint density at radius 1 is 0.921 bits per heavy atom. The smallest absolute Gasteiger partial charge is 0.263 e. The van der Waals surface area contributed by atoms with Gasteiger partial charge in [-0.2, -0.15) is 5.26 Å². The van der Waals surface area contributed by atoms with E-state index in [4.69, 9.17) is 32.4 Å². The minimum Gasteiger partial charge on any atom is -0.497 e. The lowest BCUT2D eigenvalue weighted by atomic mass is 9.80. The third kappa shape index (κ3) is 10.1. The average Bonchev–Trinajstić information content (AvgIpc) is 3.77. The van der Waals surface area contributed by atoms with Gasteiger partial charge in [0.1, 0.15) is 40.8 Å². The number of nitrogens with zero attached hydrogens (tertiary/aromatic N) is 4. The molecule has 16 heteroatoms. The molecule has 6 rings (SSSR count). The van der Waals surface area contributed by atoms with Crippen LogP contribution in [-0.4, -0.2) is 85.4 Å². The fourth-order valence-corrected chi connectivity index (χ4v) is 10.8. The lowest BCUT2D eigenvalue weighted by Crippen LogP contribution is -2.51. The van der Waals surface area contributed by atoms with Gasteiger partial charge in [-0.15, -0.1) is 0 Å². The van der Waals surface area contributed by atoms with E-state index in [1.807, 2.05) is 78.9 Å². The Bertz CT molecular complexity index is 2310. The molecule has 0 aliphatic carbocycles. The monoisotopic (exact) mass is 901 g/mol. The topological polar surface area (TPSA) is 142 Å². The molecule has 1 fully saturated rings. The van der Waals surface area contributed by atoms with E-state index in [0.29, 0.717) is 11.5 Å². The Balaban J connectivity index is 1.56. The van der Waals surface area contributed by atoms with Crippen LogP contribution in [0.2, 0.25) is 18.1 Å². The van der Waals surface area contributed by atoms with Gasteiger partial charge in [0, 0.05) is 18.3 Å². The van der Waals surface area contributed by atoms with Crippen molar-refractivity contribution in [2.24, 2.45) is 0 Å². The summed E-state index contributed by atoms with van der Waals surface area (Å²) in [6.45, 7) is 19.1. The molecule has 0 saturated carbocycles. The van der Waals surface area contributed by atoms with Crippen molar-refractivity contribution in [1.29, 1.82) is 5.26 Å². The predicted molar refractivity (Wildman–Crippen MR) is 245 cm³/mol. The summed E-state index contributed by atoms with van der Waals surface area (Å²) in [5, 5.41) is 9.07. The average molecular weight is 902 g/mol. The number of nitriles is 1. The second-order valence-corrected chi connectivity index (χ2v) is 23.8. The van der Waals surface area contributed by atoms with Crippen molar-refractivity contribution in [3.63, 3.8) is 0 Å². The zero-order valence-corrected chi connectivity index (χ0v) is 40.0. The number of fused-ring (bicyclic) bond motifs is 1. The number of H-pyrrole nitrogens is 1. The number of hydrogen-bond donors (Lipinski definition) is 1. The number of nitrogens with one attached hydrogen (secondary N) is 1. The first-order chi connectivity index (χ1) is 30.0. The molecule has 1 aliphatic heterocycles. The van der Waals surface area contributed by atoms with Crippen LogP contribution in [-0.2, 0) is 28.5 Å². The summed E-state index contributed by atoms with van der Waals surface area (Å²) in [5.74, 6) is 0.609. The molecule has 1 N–H and O–H groups in total. The second-order valence-electron chi connectivity index (χ2n) is 17.7. The van der Waals surface area contributed by atoms with Crippen molar-refractivity contribution in [2.75, 3.05) is 27.4 Å². The normalized spacial score (nSPS) is 19.0. The third-order valence-corrected chi connectivity index (χ3v) is 18.5. The van der Waals surface area contributed by atoms with Gasteiger partial charge in [0.15, 0.2) is 26.0 Å². The van der Waals surface area contributed by atoms with Crippen LogP contribution in [0.25, 0.3) is 11.0 Å². The molecule has 2 aromatic heterocycles. The van der Waals surface area contributed by atoms with Crippen LogP contribution in [0.3, 0.4) is 0 Å². The first kappa shape index (κ1) is 48.0. The highest BCUT2D eigenvalue weighted by Crippen LogP contribution is 2.53. The largest absolute Gasteiger partial charge is 0.497 e. The van der Waals surface area contributed by atoms with E-state index in [1.165, 1.54) is 17.1 Å². The number of rotatable bonds is 19. The zero-order chi connectivity index (χ0) is 45.7. The van der Waals surface area contributed by atoms with E-state index in [1.54, 1.807) is 14.2 Å². The summed E-state index contributed by atoms with van der Waals surface area (Å²) < 4.78 is 66.4. The Kier molecular flexibility index (Phi) is 15.3. The maximum absolute atomic E-state index is 15.9. The summed E-state index contributed by atoms with van der Waals surface area (Å²) in [6.07, 6.45) is -1.06. The molecule has 63 heavy (non-hydrogen) atoms. The number of hydrogen-bond acceptors (Lipinski definition) is 11. The van der Waals surface area contributed by atoms with Crippen molar-refractivity contribution < 1.29 is 36.8 Å². The molecule has 1 saturated heterocycles. The molecule has 5 aromatic rings. The van der Waals surface area contributed by atoms with Gasteiger partial charge < -0.3 is 42.0 Å². The molecule has 0 bridgehead atoms. The molecule has 0 spiro atoms. The Morgan fingerprint density at radius 2 is 1.49 bits per heavy atom. The van der Waals surface area contributed by atoms with Crippen LogP contribution in [0.1, 0.15) is 77.8 Å². The van der Waals surface area contributed by atoms with Crippen LogP contribution < -0.4 is 15.0 Å². The van der Waals surface area contributed by atoms with E-state index in [9.17, 15) is 10.1 Å². The van der Waals surface area contributed by atoms with Gasteiger partial charge in [0.2, 0.25) is 0 Å². The van der Waals surface area contributed by atoms with Crippen molar-refractivity contribution in [3.8, 4) is 17.6 Å². The first-order valence-electron chi connectivity index (χ1n) is 21.3. The number of benzene rings is 3. The Hall–Kier alpha value is -4.49. The van der Waals surface area contributed by atoms with Crippen molar-refractivity contribution >= 4 is 27.9 Å². The molecule has 0 amide bonds. The minimum absolute atomic E-state index is 0.0246. The van der Waals surface area contributed by atoms with Crippen molar-refractivity contribution in [3.05, 3.63) is 124 Å². The molecule has 0 radical (unpaired) electrons. The molecule has 3 aromatic carbocycles. The zero-order valence-electron chi connectivity index (χ0n) is 38.1. The maximum Gasteiger partial charge on any atom is 0.263 e. The van der Waals surface area contributed by atoms with Crippen LogP contribution >= 0.6 is 8.53 Å². The van der Waals surface area contributed by atoms with Gasteiger partial charge in [-0.3, -0.25) is 4.79 Å². The SMILES string of the molecule is COc1ccc(C(OC[C@H]2O[C@@H](n3cc(F)c4c(=O)[nH]cnc43)[C@H](OP(OCCC#N)N(C(C)C)C(C)C)[C@@H]2O[Si](C)(C)C(C)(C)C)(c2ccccc2)c2ccc(OC)cc2)cc1. The van der Waals surface area contributed by atoms with Crippen LogP contribution in [0.15, 0.2) is 96.2 Å². The van der Waals surface area contributed by atoms with E-state index in [2.05, 4.69) is 82.3 Å². The van der Waals surface area contributed by atoms with E-state index in [0.717, 1.165) is 16.7 Å². The fourth-order valence-electron chi connectivity index (χ4n) is 7.76. The lowest BCUT2D eigenvalue weighted by Gasteiger charge is -2.43. The number of methoxy groups -OCH3 is 2. The van der Waals surface area contributed by atoms with E-state index < -0.39 is 58.4 Å². The van der Waals surface area contributed by atoms with E-state index >= 15 is 4.39 Å². The molecule has 1 aliphatic rings. The highest BCUT2D eigenvalue weighted by molar-refractivity contribution is 7.44. The third-order valence-electron chi connectivity index (χ3n) is 11.9. The van der Waals surface area contributed by atoms with Gasteiger partial charge in [-0.1, -0.05) is 75.4 Å². The molecule has 5 atom stereocenters. The Morgan fingerprint density at radius 3 is 2.02 bits per heavy atom.